The van der Waals surface area contributed by atoms with Crippen LogP contribution < -0.4 is 10.2 Å². The van der Waals surface area contributed by atoms with Crippen LogP contribution in [0.2, 0.25) is 0 Å². The number of amides is 2. The van der Waals surface area contributed by atoms with Crippen molar-refractivity contribution in [2.45, 2.75) is 12.1 Å². The second kappa shape index (κ2) is 6.47. The van der Waals surface area contributed by atoms with Gasteiger partial charge in [0.05, 0.1) is 17.5 Å². The van der Waals surface area contributed by atoms with Crippen LogP contribution in [0.4, 0.5) is 5.69 Å². The van der Waals surface area contributed by atoms with Crippen LogP contribution >= 0.6 is 15.9 Å². The van der Waals surface area contributed by atoms with Crippen molar-refractivity contribution in [2.24, 2.45) is 11.8 Å². The fourth-order valence-corrected chi connectivity index (χ4v) is 4.18. The Kier molecular flexibility index (Phi) is 4.24. The van der Waals surface area contributed by atoms with Crippen molar-refractivity contribution in [1.29, 1.82) is 0 Å². The molecule has 2 fully saturated rings. The molecule has 138 valence electrons. The van der Waals surface area contributed by atoms with Gasteiger partial charge >= 0.3 is 5.97 Å². The van der Waals surface area contributed by atoms with Gasteiger partial charge in [0.15, 0.2) is 0 Å². The highest BCUT2D eigenvalue weighted by Crippen LogP contribution is 2.46. The lowest BCUT2D eigenvalue weighted by molar-refractivity contribution is -0.142. The molecule has 27 heavy (non-hydrogen) atoms. The lowest BCUT2D eigenvalue weighted by atomic mass is 9.86. The fraction of sp³-hybridized carbons (Fsp3) is 0.211. The number of aromatic hydroxyl groups is 1. The molecule has 2 aromatic rings. The largest absolute Gasteiger partial charge is 0.508 e. The summed E-state index contributed by atoms with van der Waals surface area (Å²) < 4.78 is 0.794. The van der Waals surface area contributed by atoms with Gasteiger partial charge in [0.2, 0.25) is 11.8 Å². The van der Waals surface area contributed by atoms with Gasteiger partial charge in [-0.05, 0) is 30.3 Å². The van der Waals surface area contributed by atoms with Crippen LogP contribution in [0.3, 0.4) is 0 Å². The summed E-state index contributed by atoms with van der Waals surface area (Å²) in [6, 6.07) is 11.1. The summed E-state index contributed by atoms with van der Waals surface area (Å²) in [5.41, 5.74) is 0.790. The standard InChI is InChI=1S/C19H15BrN2O5/c20-9-5-7-10(8-6-9)22-17(24)13-14(18(22)25)16(19(26)27)21-15(13)11-3-1-2-4-12(11)23/h1-8,13-16,21,23H,(H,26,27). The highest BCUT2D eigenvalue weighted by atomic mass is 79.9. The Morgan fingerprint density at radius 1 is 1.00 bits per heavy atom. The number of nitrogens with zero attached hydrogens (tertiary/aromatic N) is 1. The molecule has 4 rings (SSSR count). The van der Waals surface area contributed by atoms with Crippen LogP contribution in [0.25, 0.3) is 0 Å². The number of benzene rings is 2. The SMILES string of the molecule is O=C(O)C1NC(c2ccccc2O)C2C(=O)N(c3ccc(Br)cc3)C(=O)C12. The summed E-state index contributed by atoms with van der Waals surface area (Å²) in [6.07, 6.45) is 0. The average molecular weight is 431 g/mol. The number of carboxylic acids is 1. The third-order valence-electron chi connectivity index (χ3n) is 5.10. The first kappa shape index (κ1) is 17.7. The molecule has 2 aliphatic heterocycles. The molecule has 2 heterocycles. The fourth-order valence-electron chi connectivity index (χ4n) is 3.92. The van der Waals surface area contributed by atoms with E-state index in [1.54, 1.807) is 42.5 Å². The van der Waals surface area contributed by atoms with Gasteiger partial charge in [0, 0.05) is 16.1 Å². The van der Waals surface area contributed by atoms with Crippen LogP contribution in [-0.2, 0) is 14.4 Å². The van der Waals surface area contributed by atoms with E-state index in [2.05, 4.69) is 21.2 Å². The summed E-state index contributed by atoms with van der Waals surface area (Å²) in [6.45, 7) is 0. The van der Waals surface area contributed by atoms with Crippen LogP contribution in [-0.4, -0.2) is 34.0 Å². The predicted octanol–water partition coefficient (Wildman–Crippen LogP) is 2.06. The normalized spacial score (nSPS) is 27.1. The van der Waals surface area contributed by atoms with Crippen molar-refractivity contribution in [3.05, 3.63) is 58.6 Å². The van der Waals surface area contributed by atoms with E-state index in [0.29, 0.717) is 11.3 Å². The minimum atomic E-state index is -1.21. The maximum absolute atomic E-state index is 13.1. The van der Waals surface area contributed by atoms with Gasteiger partial charge < -0.3 is 10.2 Å². The molecule has 2 saturated heterocycles. The second-order valence-electron chi connectivity index (χ2n) is 6.56. The lowest BCUT2D eigenvalue weighted by Crippen LogP contribution is -2.43. The van der Waals surface area contributed by atoms with Gasteiger partial charge in [0.25, 0.3) is 0 Å². The summed E-state index contributed by atoms with van der Waals surface area (Å²) in [5.74, 6) is -4.23. The number of carboxylic acid groups (broad SMARTS) is 1. The van der Waals surface area contributed by atoms with E-state index >= 15 is 0 Å². The number of imide groups is 1. The Balaban J connectivity index is 1.79. The number of carbonyl (C=O) groups is 3. The third kappa shape index (κ3) is 2.72. The Labute approximate surface area is 162 Å². The molecule has 8 heteroatoms. The van der Waals surface area contributed by atoms with Gasteiger partial charge in [-0.25, -0.2) is 4.90 Å². The molecule has 0 aliphatic carbocycles. The number of phenols is 1. The molecule has 2 amide bonds. The van der Waals surface area contributed by atoms with E-state index in [1.807, 2.05) is 0 Å². The first-order chi connectivity index (χ1) is 12.9. The van der Waals surface area contributed by atoms with Crippen LogP contribution in [0.15, 0.2) is 53.0 Å². The molecule has 0 spiro atoms. The third-order valence-corrected chi connectivity index (χ3v) is 5.63. The van der Waals surface area contributed by atoms with Crippen LogP contribution in [0, 0.1) is 11.8 Å². The number of hydrogen-bond donors (Lipinski definition) is 3. The zero-order valence-electron chi connectivity index (χ0n) is 13.9. The average Bonchev–Trinajstić information content (AvgIpc) is 3.14. The van der Waals surface area contributed by atoms with E-state index in [1.165, 1.54) is 6.07 Å². The molecule has 0 bridgehead atoms. The van der Waals surface area contributed by atoms with Gasteiger partial charge in [0.1, 0.15) is 11.8 Å². The molecule has 4 atom stereocenters. The second-order valence-corrected chi connectivity index (χ2v) is 7.47. The number of halogens is 1. The number of para-hydroxylation sites is 1. The van der Waals surface area contributed by atoms with Crippen LogP contribution in [0.5, 0.6) is 5.75 Å². The van der Waals surface area contributed by atoms with Crippen molar-refractivity contribution in [1.82, 2.24) is 5.32 Å². The molecular weight excluding hydrogens is 416 g/mol. The van der Waals surface area contributed by atoms with Gasteiger partial charge in [-0.15, -0.1) is 0 Å². The van der Waals surface area contributed by atoms with Crippen molar-refractivity contribution in [3.8, 4) is 5.75 Å². The van der Waals surface area contributed by atoms with Crippen LogP contribution in [0.1, 0.15) is 11.6 Å². The monoisotopic (exact) mass is 430 g/mol. The number of nitrogens with one attached hydrogen (secondary N) is 1. The molecule has 3 N–H and O–H groups in total. The van der Waals surface area contributed by atoms with Crippen molar-refractivity contribution >= 4 is 39.4 Å². The topological polar surface area (TPSA) is 107 Å². The molecule has 2 aromatic carbocycles. The first-order valence-electron chi connectivity index (χ1n) is 8.30. The van der Waals surface area contributed by atoms with Crippen molar-refractivity contribution < 1.29 is 24.6 Å². The maximum Gasteiger partial charge on any atom is 0.321 e. The van der Waals surface area contributed by atoms with Crippen molar-refractivity contribution in [2.75, 3.05) is 4.90 Å². The number of fused-ring (bicyclic) bond motifs is 1. The minimum Gasteiger partial charge on any atom is -0.508 e. The number of rotatable bonds is 3. The van der Waals surface area contributed by atoms with E-state index in [4.69, 9.17) is 0 Å². The highest BCUT2D eigenvalue weighted by Gasteiger charge is 2.61. The number of carbonyl (C=O) groups excluding carboxylic acids is 2. The van der Waals surface area contributed by atoms with E-state index in [9.17, 15) is 24.6 Å². The van der Waals surface area contributed by atoms with E-state index in [0.717, 1.165) is 9.37 Å². The Morgan fingerprint density at radius 3 is 2.26 bits per heavy atom. The zero-order valence-corrected chi connectivity index (χ0v) is 15.5. The predicted molar refractivity (Wildman–Crippen MR) is 99.0 cm³/mol. The first-order valence-corrected chi connectivity index (χ1v) is 9.09. The Morgan fingerprint density at radius 2 is 1.63 bits per heavy atom. The van der Waals surface area contributed by atoms with E-state index in [-0.39, 0.29) is 5.75 Å². The number of phenolic OH excluding ortho intramolecular Hbond substituents is 1. The molecule has 2 aliphatic rings. The number of hydrogen-bond acceptors (Lipinski definition) is 5. The van der Waals surface area contributed by atoms with Gasteiger partial charge in [-0.2, -0.15) is 0 Å². The van der Waals surface area contributed by atoms with Gasteiger partial charge in [-0.1, -0.05) is 34.1 Å². The maximum atomic E-state index is 13.1. The molecule has 0 radical (unpaired) electrons. The smallest absolute Gasteiger partial charge is 0.321 e. The summed E-state index contributed by atoms with van der Waals surface area (Å²) >= 11 is 3.31. The molecular formula is C19H15BrN2O5. The summed E-state index contributed by atoms with van der Waals surface area (Å²) in [5, 5.41) is 22.6. The summed E-state index contributed by atoms with van der Waals surface area (Å²) in [4.78, 5) is 38.9. The van der Waals surface area contributed by atoms with Gasteiger partial charge in [-0.3, -0.25) is 19.7 Å². The molecule has 4 unspecified atom stereocenters. The van der Waals surface area contributed by atoms with E-state index < -0.39 is 41.7 Å². The molecule has 0 aromatic heterocycles. The quantitative estimate of drug-likeness (QED) is 0.643. The minimum absolute atomic E-state index is 0.0536. The Bertz CT molecular complexity index is 945. The zero-order chi connectivity index (χ0) is 19.3. The number of aliphatic carboxylic acids is 1. The molecule has 0 saturated carbocycles. The van der Waals surface area contributed by atoms with Crippen molar-refractivity contribution in [3.63, 3.8) is 0 Å². The highest BCUT2D eigenvalue weighted by molar-refractivity contribution is 9.10. The lowest BCUT2D eigenvalue weighted by Gasteiger charge is -2.22. The number of anilines is 1. The summed E-state index contributed by atoms with van der Waals surface area (Å²) in [7, 11) is 0. The Hall–Kier alpha value is -2.71. The molecule has 7 nitrogen and oxygen atoms in total.